The maximum absolute atomic E-state index is 2.40. The van der Waals surface area contributed by atoms with Crippen molar-refractivity contribution in [1.82, 2.24) is 4.57 Å². The van der Waals surface area contributed by atoms with Gasteiger partial charge in [-0.25, -0.2) is 0 Å². The van der Waals surface area contributed by atoms with Crippen molar-refractivity contribution in [3.63, 3.8) is 0 Å². The maximum Gasteiger partial charge on any atom is 0.0619 e. The van der Waals surface area contributed by atoms with E-state index in [9.17, 15) is 0 Å². The molecular formula is C28H19N. The van der Waals surface area contributed by atoms with Crippen LogP contribution >= 0.6 is 0 Å². The van der Waals surface area contributed by atoms with E-state index in [0.29, 0.717) is 0 Å². The number of hydrogen-bond acceptors (Lipinski definition) is 0. The average Bonchev–Trinajstić information content (AvgIpc) is 3.14. The Labute approximate surface area is 169 Å². The molecule has 1 nitrogen and oxygen atoms in total. The van der Waals surface area contributed by atoms with Crippen LogP contribution in [0.3, 0.4) is 0 Å². The van der Waals surface area contributed by atoms with Crippen molar-refractivity contribution in [2.24, 2.45) is 0 Å². The number of para-hydroxylation sites is 3. The van der Waals surface area contributed by atoms with Gasteiger partial charge in [0, 0.05) is 22.0 Å². The first-order valence-corrected chi connectivity index (χ1v) is 9.97. The molecule has 0 spiro atoms. The minimum atomic E-state index is 1.19. The highest BCUT2D eigenvalue weighted by molar-refractivity contribution is 6.14. The Balaban J connectivity index is 1.76. The lowest BCUT2D eigenvalue weighted by atomic mass is 9.99. The van der Waals surface area contributed by atoms with Gasteiger partial charge in [0.25, 0.3) is 0 Å². The van der Waals surface area contributed by atoms with Crippen molar-refractivity contribution in [1.29, 1.82) is 0 Å². The van der Waals surface area contributed by atoms with E-state index in [1.807, 2.05) is 0 Å². The molecule has 0 aliphatic rings. The molecule has 0 aliphatic carbocycles. The summed E-state index contributed by atoms with van der Waals surface area (Å²) in [4.78, 5) is 0. The number of rotatable bonds is 2. The summed E-state index contributed by atoms with van der Waals surface area (Å²) in [5.74, 6) is 0. The quantitative estimate of drug-likeness (QED) is 0.296. The summed E-state index contributed by atoms with van der Waals surface area (Å²) in [6, 6.07) is 41.3. The fourth-order valence-corrected chi connectivity index (χ4v) is 4.45. The van der Waals surface area contributed by atoms with Crippen molar-refractivity contribution >= 4 is 32.6 Å². The van der Waals surface area contributed by atoms with Gasteiger partial charge in [0.2, 0.25) is 0 Å². The summed E-state index contributed by atoms with van der Waals surface area (Å²) in [6.45, 7) is 0. The van der Waals surface area contributed by atoms with Gasteiger partial charge in [-0.15, -0.1) is 0 Å². The van der Waals surface area contributed by atoms with E-state index in [1.165, 1.54) is 49.4 Å². The van der Waals surface area contributed by atoms with Gasteiger partial charge in [-0.1, -0.05) is 91.0 Å². The smallest absolute Gasteiger partial charge is 0.0619 e. The van der Waals surface area contributed by atoms with E-state index < -0.39 is 0 Å². The summed E-state index contributed by atoms with van der Waals surface area (Å²) < 4.78 is 2.40. The number of fused-ring (bicyclic) bond motifs is 4. The minimum absolute atomic E-state index is 1.19. The SMILES string of the molecule is c1ccc(-n2c3ccccc3c3cccc(-c4ccc5ccccc5c4)c32)cc1. The molecule has 1 heterocycles. The summed E-state index contributed by atoms with van der Waals surface area (Å²) in [6.07, 6.45) is 0. The lowest BCUT2D eigenvalue weighted by Gasteiger charge is -2.12. The summed E-state index contributed by atoms with van der Waals surface area (Å²) in [5.41, 5.74) is 6.19. The van der Waals surface area contributed by atoms with E-state index in [1.54, 1.807) is 0 Å². The predicted molar refractivity (Wildman–Crippen MR) is 124 cm³/mol. The van der Waals surface area contributed by atoms with Gasteiger partial charge in [0.05, 0.1) is 11.0 Å². The molecule has 6 rings (SSSR count). The van der Waals surface area contributed by atoms with Crippen molar-refractivity contribution in [3.05, 3.63) is 115 Å². The minimum Gasteiger partial charge on any atom is -0.309 e. The molecule has 6 aromatic rings. The fraction of sp³-hybridized carbons (Fsp3) is 0. The molecule has 0 bridgehead atoms. The van der Waals surface area contributed by atoms with Crippen LogP contribution in [-0.2, 0) is 0 Å². The third-order valence-corrected chi connectivity index (χ3v) is 5.77. The van der Waals surface area contributed by atoms with Crippen LogP contribution in [0.25, 0.3) is 49.4 Å². The molecule has 5 aromatic carbocycles. The monoisotopic (exact) mass is 369 g/mol. The van der Waals surface area contributed by atoms with E-state index in [2.05, 4.69) is 120 Å². The highest BCUT2D eigenvalue weighted by atomic mass is 15.0. The van der Waals surface area contributed by atoms with E-state index in [-0.39, 0.29) is 0 Å². The zero-order valence-electron chi connectivity index (χ0n) is 15.9. The van der Waals surface area contributed by atoms with Crippen LogP contribution in [0.5, 0.6) is 0 Å². The molecule has 0 unspecified atom stereocenters. The lowest BCUT2D eigenvalue weighted by molar-refractivity contribution is 1.18. The average molecular weight is 369 g/mol. The highest BCUT2D eigenvalue weighted by Crippen LogP contribution is 2.38. The van der Waals surface area contributed by atoms with E-state index in [0.717, 1.165) is 0 Å². The molecule has 1 aromatic heterocycles. The van der Waals surface area contributed by atoms with Crippen molar-refractivity contribution in [3.8, 4) is 16.8 Å². The molecule has 0 aliphatic heterocycles. The zero-order valence-corrected chi connectivity index (χ0v) is 15.9. The first kappa shape index (κ1) is 16.1. The standard InChI is InChI=1S/C28H19N/c1-2-11-23(12-3-1)29-27-16-7-6-13-25(27)26-15-8-14-24(28(26)29)22-18-17-20-9-4-5-10-21(20)19-22/h1-19H. The third kappa shape index (κ3) is 2.48. The summed E-state index contributed by atoms with van der Waals surface area (Å²) >= 11 is 0. The van der Waals surface area contributed by atoms with Crippen LogP contribution < -0.4 is 0 Å². The largest absolute Gasteiger partial charge is 0.309 e. The second-order valence-corrected chi connectivity index (χ2v) is 7.45. The molecule has 0 N–H and O–H groups in total. The van der Waals surface area contributed by atoms with Gasteiger partial charge in [0.15, 0.2) is 0 Å². The zero-order chi connectivity index (χ0) is 19.2. The van der Waals surface area contributed by atoms with Crippen molar-refractivity contribution in [2.75, 3.05) is 0 Å². The van der Waals surface area contributed by atoms with Gasteiger partial charge in [0.1, 0.15) is 0 Å². The number of nitrogens with zero attached hydrogens (tertiary/aromatic N) is 1. The summed E-state index contributed by atoms with van der Waals surface area (Å²) in [5, 5.41) is 5.11. The predicted octanol–water partition coefficient (Wildman–Crippen LogP) is 7.60. The van der Waals surface area contributed by atoms with Crippen LogP contribution in [0.2, 0.25) is 0 Å². The van der Waals surface area contributed by atoms with Crippen LogP contribution in [0, 0.1) is 0 Å². The molecule has 0 amide bonds. The van der Waals surface area contributed by atoms with Crippen LogP contribution in [-0.4, -0.2) is 4.57 Å². The Bertz CT molecular complexity index is 1490. The van der Waals surface area contributed by atoms with Gasteiger partial charge >= 0.3 is 0 Å². The van der Waals surface area contributed by atoms with E-state index in [4.69, 9.17) is 0 Å². The molecule has 0 saturated carbocycles. The number of hydrogen-bond donors (Lipinski definition) is 0. The molecule has 0 saturated heterocycles. The van der Waals surface area contributed by atoms with Crippen molar-refractivity contribution < 1.29 is 0 Å². The van der Waals surface area contributed by atoms with Gasteiger partial charge in [-0.3, -0.25) is 0 Å². The Hall–Kier alpha value is -3.84. The van der Waals surface area contributed by atoms with Crippen LogP contribution in [0.15, 0.2) is 115 Å². The highest BCUT2D eigenvalue weighted by Gasteiger charge is 2.16. The second-order valence-electron chi connectivity index (χ2n) is 7.45. The molecule has 1 heteroatoms. The molecular weight excluding hydrogens is 350 g/mol. The lowest BCUT2D eigenvalue weighted by Crippen LogP contribution is -1.95. The maximum atomic E-state index is 2.40. The molecule has 29 heavy (non-hydrogen) atoms. The Morgan fingerprint density at radius 2 is 1.21 bits per heavy atom. The summed E-state index contributed by atoms with van der Waals surface area (Å²) in [7, 11) is 0. The molecule has 0 atom stereocenters. The van der Waals surface area contributed by atoms with Crippen LogP contribution in [0.4, 0.5) is 0 Å². The first-order valence-electron chi connectivity index (χ1n) is 9.97. The van der Waals surface area contributed by atoms with E-state index >= 15 is 0 Å². The Morgan fingerprint density at radius 1 is 0.483 bits per heavy atom. The fourth-order valence-electron chi connectivity index (χ4n) is 4.45. The van der Waals surface area contributed by atoms with Gasteiger partial charge in [-0.05, 0) is 40.6 Å². The second kappa shape index (κ2) is 6.35. The number of aromatic nitrogens is 1. The third-order valence-electron chi connectivity index (χ3n) is 5.77. The molecule has 136 valence electrons. The molecule has 0 radical (unpaired) electrons. The number of benzene rings is 5. The van der Waals surface area contributed by atoms with Crippen molar-refractivity contribution in [2.45, 2.75) is 0 Å². The Morgan fingerprint density at radius 3 is 2.10 bits per heavy atom. The first-order chi connectivity index (χ1) is 14.4. The van der Waals surface area contributed by atoms with Gasteiger partial charge < -0.3 is 4.57 Å². The van der Waals surface area contributed by atoms with Crippen LogP contribution in [0.1, 0.15) is 0 Å². The Kier molecular flexibility index (Phi) is 3.54. The molecule has 0 fully saturated rings. The topological polar surface area (TPSA) is 4.93 Å². The van der Waals surface area contributed by atoms with Gasteiger partial charge in [-0.2, -0.15) is 0 Å². The normalized spacial score (nSPS) is 11.4.